The highest BCUT2D eigenvalue weighted by Crippen LogP contribution is 2.26. The normalized spacial score (nSPS) is 13.7. The molecule has 0 saturated carbocycles. The van der Waals surface area contributed by atoms with Crippen LogP contribution in [0.4, 0.5) is 0 Å². The summed E-state index contributed by atoms with van der Waals surface area (Å²) >= 11 is 1.54. The van der Waals surface area contributed by atoms with Gasteiger partial charge in [0.15, 0.2) is 0 Å². The van der Waals surface area contributed by atoms with E-state index in [2.05, 4.69) is 10.1 Å². The first kappa shape index (κ1) is 21.6. The van der Waals surface area contributed by atoms with Crippen LogP contribution in [0.1, 0.15) is 43.1 Å². The fourth-order valence-corrected chi connectivity index (χ4v) is 3.74. The minimum Gasteiger partial charge on any atom is -0.465 e. The molecule has 7 nitrogen and oxygen atoms in total. The van der Waals surface area contributed by atoms with Gasteiger partial charge in [0, 0.05) is 6.54 Å². The average Bonchev–Trinajstić information content (AvgIpc) is 3.03. The molecule has 1 N–H and O–H groups in total. The number of thioether (sulfide) groups is 1. The molecule has 0 spiro atoms. The zero-order valence-electron chi connectivity index (χ0n) is 16.7. The van der Waals surface area contributed by atoms with E-state index in [0.717, 1.165) is 10.5 Å². The molecule has 0 aromatic heterocycles. The van der Waals surface area contributed by atoms with Gasteiger partial charge in [-0.25, -0.2) is 4.79 Å². The topological polar surface area (TPSA) is 92.8 Å². The van der Waals surface area contributed by atoms with Crippen LogP contribution in [0.5, 0.6) is 0 Å². The van der Waals surface area contributed by atoms with Gasteiger partial charge < -0.3 is 10.1 Å². The average molecular weight is 426 g/mol. The van der Waals surface area contributed by atoms with Crippen LogP contribution in [0.3, 0.4) is 0 Å². The van der Waals surface area contributed by atoms with Gasteiger partial charge >= 0.3 is 5.97 Å². The van der Waals surface area contributed by atoms with Crippen LogP contribution in [0.15, 0.2) is 48.5 Å². The minimum absolute atomic E-state index is 0.208. The second-order valence-electron chi connectivity index (χ2n) is 6.73. The predicted octanol–water partition coefficient (Wildman–Crippen LogP) is 2.51. The van der Waals surface area contributed by atoms with E-state index in [9.17, 15) is 19.2 Å². The van der Waals surface area contributed by atoms with Gasteiger partial charge in [-0.1, -0.05) is 24.3 Å². The van der Waals surface area contributed by atoms with Gasteiger partial charge in [0.2, 0.25) is 5.91 Å². The van der Waals surface area contributed by atoms with E-state index in [0.29, 0.717) is 28.9 Å². The molecule has 1 unspecified atom stereocenters. The van der Waals surface area contributed by atoms with Crippen molar-refractivity contribution in [2.75, 3.05) is 19.1 Å². The lowest BCUT2D eigenvalue weighted by Crippen LogP contribution is -2.49. The van der Waals surface area contributed by atoms with E-state index in [4.69, 9.17) is 0 Å². The fraction of sp³-hybridized carbons (Fsp3) is 0.273. The molecule has 1 aliphatic heterocycles. The minimum atomic E-state index is -0.890. The summed E-state index contributed by atoms with van der Waals surface area (Å²) in [6, 6.07) is 12.4. The van der Waals surface area contributed by atoms with E-state index >= 15 is 0 Å². The Morgan fingerprint density at radius 1 is 1.03 bits per heavy atom. The van der Waals surface area contributed by atoms with Gasteiger partial charge in [0.05, 0.1) is 23.8 Å². The Bertz CT molecular complexity index is 939. The zero-order valence-corrected chi connectivity index (χ0v) is 17.5. The molecule has 0 bridgehead atoms. The predicted molar refractivity (Wildman–Crippen MR) is 113 cm³/mol. The Hall–Kier alpha value is -3.13. The fourth-order valence-electron chi connectivity index (χ4n) is 3.28. The Labute approximate surface area is 178 Å². The quantitative estimate of drug-likeness (QED) is 0.515. The monoisotopic (exact) mass is 426 g/mol. The van der Waals surface area contributed by atoms with Gasteiger partial charge in [-0.3, -0.25) is 19.3 Å². The van der Waals surface area contributed by atoms with Gasteiger partial charge in [-0.15, -0.1) is 0 Å². The third-order valence-corrected chi connectivity index (χ3v) is 5.52. The number of hydrogen-bond donors (Lipinski definition) is 1. The lowest BCUT2D eigenvalue weighted by molar-refractivity contribution is -0.125. The van der Waals surface area contributed by atoms with Crippen LogP contribution in [0.25, 0.3) is 0 Å². The van der Waals surface area contributed by atoms with Crippen molar-refractivity contribution in [1.82, 2.24) is 10.2 Å². The molecule has 1 aliphatic rings. The van der Waals surface area contributed by atoms with Crippen molar-refractivity contribution in [3.63, 3.8) is 0 Å². The number of amides is 3. The summed E-state index contributed by atoms with van der Waals surface area (Å²) in [5.74, 6) is -1.10. The number of hydrogen-bond acceptors (Lipinski definition) is 6. The summed E-state index contributed by atoms with van der Waals surface area (Å²) in [6.45, 7) is 0.208. The standard InChI is InChI=1S/C22H22N2O5S/c1-29-22(28)15-9-7-14(8-10-15)13-23-19(25)18(11-12-30-2)24-20(26)16-5-3-4-6-17(16)21(24)27/h3-10,18H,11-13H2,1-2H3,(H,23,25). The molecule has 30 heavy (non-hydrogen) atoms. The van der Waals surface area contributed by atoms with Crippen LogP contribution in [-0.2, 0) is 16.1 Å². The lowest BCUT2D eigenvalue weighted by Gasteiger charge is -2.25. The van der Waals surface area contributed by atoms with Crippen molar-refractivity contribution in [3.8, 4) is 0 Å². The summed E-state index contributed by atoms with van der Waals surface area (Å²) in [6.07, 6.45) is 2.26. The number of ether oxygens (including phenoxy) is 1. The Morgan fingerprint density at radius 2 is 1.63 bits per heavy atom. The van der Waals surface area contributed by atoms with Crippen LogP contribution in [0, 0.1) is 0 Å². The number of carbonyl (C=O) groups excluding carboxylic acids is 4. The first-order chi connectivity index (χ1) is 14.5. The maximum absolute atomic E-state index is 12.9. The molecule has 0 radical (unpaired) electrons. The van der Waals surface area contributed by atoms with Crippen molar-refractivity contribution >= 4 is 35.5 Å². The number of esters is 1. The highest BCUT2D eigenvalue weighted by molar-refractivity contribution is 7.98. The lowest BCUT2D eigenvalue weighted by atomic mass is 10.1. The molecule has 2 aromatic rings. The summed E-state index contributed by atoms with van der Waals surface area (Å²) in [5.41, 5.74) is 1.84. The summed E-state index contributed by atoms with van der Waals surface area (Å²) < 4.78 is 4.67. The third kappa shape index (κ3) is 4.38. The highest BCUT2D eigenvalue weighted by atomic mass is 32.2. The van der Waals surface area contributed by atoms with Crippen molar-refractivity contribution in [1.29, 1.82) is 0 Å². The van der Waals surface area contributed by atoms with Gasteiger partial charge in [0.1, 0.15) is 6.04 Å². The van der Waals surface area contributed by atoms with Crippen LogP contribution >= 0.6 is 11.8 Å². The first-order valence-electron chi connectivity index (χ1n) is 9.38. The summed E-state index contributed by atoms with van der Waals surface area (Å²) in [5, 5.41) is 2.80. The number of methoxy groups -OCH3 is 1. The molecule has 1 atom stereocenters. The highest BCUT2D eigenvalue weighted by Gasteiger charge is 2.42. The molecule has 3 rings (SSSR count). The van der Waals surface area contributed by atoms with Gasteiger partial charge in [0.25, 0.3) is 11.8 Å². The number of carbonyl (C=O) groups is 4. The maximum atomic E-state index is 12.9. The Morgan fingerprint density at radius 3 is 2.17 bits per heavy atom. The second-order valence-corrected chi connectivity index (χ2v) is 7.72. The molecule has 0 aliphatic carbocycles. The smallest absolute Gasteiger partial charge is 0.337 e. The van der Waals surface area contributed by atoms with Crippen LogP contribution in [-0.4, -0.2) is 53.8 Å². The van der Waals surface area contributed by atoms with E-state index < -0.39 is 29.7 Å². The number of imide groups is 1. The van der Waals surface area contributed by atoms with Crippen molar-refractivity contribution in [2.24, 2.45) is 0 Å². The molecular weight excluding hydrogens is 404 g/mol. The maximum Gasteiger partial charge on any atom is 0.337 e. The molecule has 156 valence electrons. The third-order valence-electron chi connectivity index (χ3n) is 4.88. The number of nitrogens with zero attached hydrogens (tertiary/aromatic N) is 1. The number of fused-ring (bicyclic) bond motifs is 1. The largest absolute Gasteiger partial charge is 0.465 e. The molecule has 0 saturated heterocycles. The van der Waals surface area contributed by atoms with Gasteiger partial charge in [-0.2, -0.15) is 11.8 Å². The Balaban J connectivity index is 1.73. The number of rotatable bonds is 8. The SMILES string of the molecule is COC(=O)c1ccc(CNC(=O)C(CCSC)N2C(=O)c3ccccc3C2=O)cc1. The van der Waals surface area contributed by atoms with Crippen molar-refractivity contribution in [3.05, 3.63) is 70.8 Å². The van der Waals surface area contributed by atoms with Crippen LogP contribution < -0.4 is 5.32 Å². The number of benzene rings is 2. The van der Waals surface area contributed by atoms with E-state index in [1.807, 2.05) is 6.26 Å². The zero-order chi connectivity index (χ0) is 21.7. The molecule has 1 heterocycles. The van der Waals surface area contributed by atoms with Crippen LogP contribution in [0.2, 0.25) is 0 Å². The van der Waals surface area contributed by atoms with Crippen molar-refractivity contribution < 1.29 is 23.9 Å². The van der Waals surface area contributed by atoms with E-state index in [1.165, 1.54) is 7.11 Å². The second kappa shape index (κ2) is 9.58. The number of nitrogens with one attached hydrogen (secondary N) is 1. The summed E-state index contributed by atoms with van der Waals surface area (Å²) in [4.78, 5) is 51.1. The molecule has 2 aromatic carbocycles. The van der Waals surface area contributed by atoms with Crippen molar-refractivity contribution in [2.45, 2.75) is 19.0 Å². The molecule has 0 fully saturated rings. The molecule has 8 heteroatoms. The molecule has 3 amide bonds. The summed E-state index contributed by atoms with van der Waals surface area (Å²) in [7, 11) is 1.31. The van der Waals surface area contributed by atoms with E-state index in [1.54, 1.807) is 60.3 Å². The van der Waals surface area contributed by atoms with E-state index in [-0.39, 0.29) is 6.54 Å². The molecular formula is C22H22N2O5S. The first-order valence-corrected chi connectivity index (χ1v) is 10.8. The van der Waals surface area contributed by atoms with Gasteiger partial charge in [-0.05, 0) is 48.3 Å². The Kier molecular flexibility index (Phi) is 6.89.